The van der Waals surface area contributed by atoms with Crippen LogP contribution in [-0.2, 0) is 17.3 Å². The third-order valence-electron chi connectivity index (χ3n) is 5.26. The lowest BCUT2D eigenvalue weighted by Gasteiger charge is -2.42. The van der Waals surface area contributed by atoms with Gasteiger partial charge in [0.2, 0.25) is 0 Å². The Hall–Kier alpha value is -1.35. The molecule has 0 atom stereocenters. The number of hydrogen-bond donors (Lipinski definition) is 1. The maximum atomic E-state index is 5.85. The summed E-state index contributed by atoms with van der Waals surface area (Å²) in [5.74, 6) is 0. The highest BCUT2D eigenvalue weighted by Crippen LogP contribution is 2.47. The van der Waals surface area contributed by atoms with E-state index in [0.717, 1.165) is 12.1 Å². The second kappa shape index (κ2) is 5.09. The Morgan fingerprint density at radius 2 is 1.68 bits per heavy atom. The minimum Gasteiger partial charge on any atom is -0.375 e. The van der Waals surface area contributed by atoms with Gasteiger partial charge in [-0.2, -0.15) is 0 Å². The van der Waals surface area contributed by atoms with Gasteiger partial charge in [-0.05, 0) is 52.8 Å². The van der Waals surface area contributed by atoms with E-state index in [-0.39, 0.29) is 10.8 Å². The molecule has 2 N–H and O–H groups in total. The van der Waals surface area contributed by atoms with Gasteiger partial charge in [0.05, 0.1) is 5.69 Å². The minimum atomic E-state index is 0.230. The first-order valence-electron chi connectivity index (χ1n) is 8.14. The second-order valence-corrected chi connectivity index (χ2v) is 8.64. The van der Waals surface area contributed by atoms with Crippen LogP contribution < -0.4 is 5.73 Å². The standard InChI is InChI=1S/C19H26N2S/c1-6-12-9-14-15(19(4,5)8-7-18(14,2)3)10-13(12)16-11-22-17(20)21-16/h9-11H,6-8H2,1-5H3,(H2,20,21). The summed E-state index contributed by atoms with van der Waals surface area (Å²) in [6.07, 6.45) is 3.51. The van der Waals surface area contributed by atoms with E-state index in [4.69, 9.17) is 5.73 Å². The van der Waals surface area contributed by atoms with E-state index in [9.17, 15) is 0 Å². The molecule has 0 amide bonds. The summed E-state index contributed by atoms with van der Waals surface area (Å²) >= 11 is 1.52. The maximum Gasteiger partial charge on any atom is 0.180 e. The van der Waals surface area contributed by atoms with Gasteiger partial charge in [-0.15, -0.1) is 11.3 Å². The van der Waals surface area contributed by atoms with Gasteiger partial charge in [0.15, 0.2) is 5.13 Å². The molecular weight excluding hydrogens is 288 g/mol. The first kappa shape index (κ1) is 15.5. The Labute approximate surface area is 137 Å². The van der Waals surface area contributed by atoms with Crippen molar-refractivity contribution >= 4 is 16.5 Å². The molecule has 22 heavy (non-hydrogen) atoms. The summed E-state index contributed by atoms with van der Waals surface area (Å²) in [4.78, 5) is 4.52. The van der Waals surface area contributed by atoms with Gasteiger partial charge in [0.1, 0.15) is 0 Å². The van der Waals surface area contributed by atoms with Crippen LogP contribution >= 0.6 is 11.3 Å². The van der Waals surface area contributed by atoms with Crippen molar-refractivity contribution in [2.24, 2.45) is 0 Å². The van der Waals surface area contributed by atoms with Crippen molar-refractivity contribution in [3.05, 3.63) is 34.2 Å². The number of anilines is 1. The second-order valence-electron chi connectivity index (χ2n) is 7.75. The topological polar surface area (TPSA) is 38.9 Å². The minimum absolute atomic E-state index is 0.230. The zero-order valence-electron chi connectivity index (χ0n) is 14.3. The lowest BCUT2D eigenvalue weighted by atomic mass is 9.62. The van der Waals surface area contributed by atoms with Crippen LogP contribution in [-0.4, -0.2) is 4.98 Å². The number of aromatic nitrogens is 1. The number of hydrogen-bond acceptors (Lipinski definition) is 3. The van der Waals surface area contributed by atoms with E-state index >= 15 is 0 Å². The van der Waals surface area contributed by atoms with Crippen molar-refractivity contribution in [1.29, 1.82) is 0 Å². The van der Waals surface area contributed by atoms with Gasteiger partial charge in [-0.3, -0.25) is 0 Å². The third-order valence-corrected chi connectivity index (χ3v) is 5.93. The van der Waals surface area contributed by atoms with Crippen molar-refractivity contribution < 1.29 is 0 Å². The Balaban J connectivity index is 2.26. The average Bonchev–Trinajstić information content (AvgIpc) is 2.89. The van der Waals surface area contributed by atoms with Crippen molar-refractivity contribution in [2.45, 2.75) is 64.7 Å². The number of aryl methyl sites for hydroxylation is 1. The van der Waals surface area contributed by atoms with Crippen LogP contribution in [0, 0.1) is 0 Å². The molecule has 0 radical (unpaired) electrons. The van der Waals surface area contributed by atoms with E-state index in [1.807, 2.05) is 0 Å². The van der Waals surface area contributed by atoms with Gasteiger partial charge in [0.25, 0.3) is 0 Å². The monoisotopic (exact) mass is 314 g/mol. The predicted molar refractivity (Wildman–Crippen MR) is 96.6 cm³/mol. The van der Waals surface area contributed by atoms with Crippen molar-refractivity contribution in [3.63, 3.8) is 0 Å². The first-order valence-corrected chi connectivity index (χ1v) is 9.02. The number of nitrogens with two attached hydrogens (primary N) is 1. The fraction of sp³-hybridized carbons (Fsp3) is 0.526. The third kappa shape index (κ3) is 2.45. The zero-order valence-corrected chi connectivity index (χ0v) is 15.1. The molecule has 0 fully saturated rings. The number of nitrogen functional groups attached to an aromatic ring is 1. The molecule has 2 aromatic rings. The van der Waals surface area contributed by atoms with Crippen molar-refractivity contribution in [3.8, 4) is 11.3 Å². The molecule has 0 saturated heterocycles. The van der Waals surface area contributed by atoms with E-state index < -0.39 is 0 Å². The fourth-order valence-electron chi connectivity index (χ4n) is 3.60. The summed E-state index contributed by atoms with van der Waals surface area (Å²) < 4.78 is 0. The van der Waals surface area contributed by atoms with Crippen LogP contribution in [0.3, 0.4) is 0 Å². The van der Waals surface area contributed by atoms with Crippen molar-refractivity contribution in [1.82, 2.24) is 4.98 Å². The summed E-state index contributed by atoms with van der Waals surface area (Å²) in [7, 11) is 0. The van der Waals surface area contributed by atoms with Gasteiger partial charge >= 0.3 is 0 Å². The summed E-state index contributed by atoms with van der Waals surface area (Å²) in [6, 6.07) is 4.82. The highest BCUT2D eigenvalue weighted by molar-refractivity contribution is 7.13. The molecule has 3 rings (SSSR count). The largest absolute Gasteiger partial charge is 0.375 e. The Bertz CT molecular complexity index is 710. The van der Waals surface area contributed by atoms with Crippen LogP contribution in [0.5, 0.6) is 0 Å². The summed E-state index contributed by atoms with van der Waals surface area (Å²) in [5.41, 5.74) is 13.0. The number of nitrogens with zero attached hydrogens (tertiary/aromatic N) is 1. The van der Waals surface area contributed by atoms with Gasteiger partial charge in [-0.25, -0.2) is 4.98 Å². The Kier molecular flexibility index (Phi) is 3.59. The molecule has 3 heteroatoms. The summed E-state index contributed by atoms with van der Waals surface area (Å²) in [6.45, 7) is 11.7. The molecule has 0 bridgehead atoms. The van der Waals surface area contributed by atoms with Crippen LogP contribution in [0.15, 0.2) is 17.5 Å². The normalized spacial score (nSPS) is 19.0. The lowest BCUT2D eigenvalue weighted by Crippen LogP contribution is -2.34. The SMILES string of the molecule is CCc1cc2c(cc1-c1csc(N)n1)C(C)(C)CCC2(C)C. The lowest BCUT2D eigenvalue weighted by molar-refractivity contribution is 0.331. The first-order chi connectivity index (χ1) is 10.2. The van der Waals surface area contributed by atoms with Crippen LogP contribution in [0.2, 0.25) is 0 Å². The molecular formula is C19H26N2S. The molecule has 1 aliphatic carbocycles. The number of benzene rings is 1. The molecule has 2 nitrogen and oxygen atoms in total. The van der Waals surface area contributed by atoms with Crippen LogP contribution in [0.1, 0.15) is 64.2 Å². The number of fused-ring (bicyclic) bond motifs is 1. The average molecular weight is 314 g/mol. The molecule has 118 valence electrons. The predicted octanol–water partition coefficient (Wildman–Crippen LogP) is 5.30. The van der Waals surface area contributed by atoms with Crippen LogP contribution in [0.4, 0.5) is 5.13 Å². The van der Waals surface area contributed by atoms with Crippen LogP contribution in [0.25, 0.3) is 11.3 Å². The molecule has 1 heterocycles. The zero-order chi connectivity index (χ0) is 16.1. The van der Waals surface area contributed by atoms with Gasteiger partial charge < -0.3 is 5.73 Å². The van der Waals surface area contributed by atoms with E-state index in [2.05, 4.69) is 57.1 Å². The number of thiazole rings is 1. The molecule has 0 saturated carbocycles. The fourth-order valence-corrected chi connectivity index (χ4v) is 4.16. The maximum absolute atomic E-state index is 5.85. The summed E-state index contributed by atoms with van der Waals surface area (Å²) in [5, 5.41) is 2.73. The van der Waals surface area contributed by atoms with Gasteiger partial charge in [-0.1, -0.05) is 40.7 Å². The highest BCUT2D eigenvalue weighted by Gasteiger charge is 2.37. The van der Waals surface area contributed by atoms with E-state index in [1.54, 1.807) is 0 Å². The highest BCUT2D eigenvalue weighted by atomic mass is 32.1. The Morgan fingerprint density at radius 1 is 1.09 bits per heavy atom. The van der Waals surface area contributed by atoms with Gasteiger partial charge in [0, 0.05) is 10.9 Å². The quantitative estimate of drug-likeness (QED) is 0.816. The molecule has 0 aliphatic heterocycles. The van der Waals surface area contributed by atoms with E-state index in [0.29, 0.717) is 5.13 Å². The molecule has 1 aromatic heterocycles. The molecule has 0 spiro atoms. The van der Waals surface area contributed by atoms with E-state index in [1.165, 1.54) is 46.4 Å². The Morgan fingerprint density at radius 3 is 2.18 bits per heavy atom. The number of rotatable bonds is 2. The molecule has 1 aliphatic rings. The molecule has 1 aromatic carbocycles. The molecule has 0 unspecified atom stereocenters. The smallest absolute Gasteiger partial charge is 0.180 e. The van der Waals surface area contributed by atoms with Crippen molar-refractivity contribution in [2.75, 3.05) is 5.73 Å².